The number of rotatable bonds is 3. The summed E-state index contributed by atoms with van der Waals surface area (Å²) in [4.78, 5) is 13.1. The fourth-order valence-electron chi connectivity index (χ4n) is 2.75. The molecule has 2 rings (SSSR count). The topological polar surface area (TPSA) is 37.3 Å². The van der Waals surface area contributed by atoms with Crippen molar-refractivity contribution < 1.29 is 9.90 Å². The maximum Gasteiger partial charge on any atom is 0.314 e. The number of thiophene rings is 1. The molecule has 18 heavy (non-hydrogen) atoms. The molecule has 1 saturated carbocycles. The van der Waals surface area contributed by atoms with Gasteiger partial charge in [-0.1, -0.05) is 33.1 Å². The average molecular weight is 331 g/mol. The Kier molecular flexibility index (Phi) is 4.17. The average Bonchev–Trinajstić information content (AvgIpc) is 2.72. The first-order chi connectivity index (χ1) is 8.47. The third kappa shape index (κ3) is 2.37. The van der Waals surface area contributed by atoms with E-state index in [1.165, 1.54) is 4.88 Å². The standard InChI is InChI=1S/C14H19BrO2S/c1-9(2)11-8-10(12(15)18-11)14(13(16)17)6-4-3-5-7-14/h8-9H,3-7H2,1-2H3,(H,16,17). The van der Waals surface area contributed by atoms with Gasteiger partial charge in [0, 0.05) is 4.88 Å². The Labute approximate surface area is 121 Å². The molecular weight excluding hydrogens is 312 g/mol. The summed E-state index contributed by atoms with van der Waals surface area (Å²) < 4.78 is 1.01. The number of carboxylic acid groups (broad SMARTS) is 1. The van der Waals surface area contributed by atoms with E-state index in [9.17, 15) is 9.90 Å². The lowest BCUT2D eigenvalue weighted by Crippen LogP contribution is -2.37. The zero-order chi connectivity index (χ0) is 13.3. The Balaban J connectivity index is 2.45. The lowest BCUT2D eigenvalue weighted by molar-refractivity contribution is -0.145. The van der Waals surface area contributed by atoms with Crippen molar-refractivity contribution in [1.82, 2.24) is 0 Å². The summed E-state index contributed by atoms with van der Waals surface area (Å²) in [6, 6.07) is 2.11. The first kappa shape index (κ1) is 14.1. The highest BCUT2D eigenvalue weighted by Crippen LogP contribution is 2.46. The summed E-state index contributed by atoms with van der Waals surface area (Å²) >= 11 is 5.27. The van der Waals surface area contributed by atoms with E-state index in [-0.39, 0.29) is 0 Å². The third-order valence-corrected chi connectivity index (χ3v) is 6.04. The fourth-order valence-corrected chi connectivity index (χ4v) is 4.79. The van der Waals surface area contributed by atoms with Gasteiger partial charge in [0.25, 0.3) is 0 Å². The van der Waals surface area contributed by atoms with Gasteiger partial charge in [0.2, 0.25) is 0 Å². The van der Waals surface area contributed by atoms with E-state index in [1.807, 2.05) is 0 Å². The summed E-state index contributed by atoms with van der Waals surface area (Å²) in [7, 11) is 0. The Hall–Kier alpha value is -0.350. The second kappa shape index (κ2) is 5.33. The van der Waals surface area contributed by atoms with Crippen LogP contribution >= 0.6 is 27.3 Å². The van der Waals surface area contributed by atoms with Crippen LogP contribution in [-0.4, -0.2) is 11.1 Å². The Morgan fingerprint density at radius 2 is 2.00 bits per heavy atom. The van der Waals surface area contributed by atoms with E-state index in [1.54, 1.807) is 11.3 Å². The van der Waals surface area contributed by atoms with Crippen molar-refractivity contribution in [3.8, 4) is 0 Å². The van der Waals surface area contributed by atoms with Gasteiger partial charge in [-0.3, -0.25) is 4.79 Å². The van der Waals surface area contributed by atoms with Gasteiger partial charge in [-0.15, -0.1) is 11.3 Å². The van der Waals surface area contributed by atoms with Gasteiger partial charge >= 0.3 is 5.97 Å². The van der Waals surface area contributed by atoms with Gasteiger partial charge in [0.1, 0.15) is 0 Å². The van der Waals surface area contributed by atoms with Crippen molar-refractivity contribution in [3.63, 3.8) is 0 Å². The second-order valence-corrected chi connectivity index (χ2v) is 7.84. The van der Waals surface area contributed by atoms with E-state index >= 15 is 0 Å². The van der Waals surface area contributed by atoms with Gasteiger partial charge in [-0.2, -0.15) is 0 Å². The monoisotopic (exact) mass is 330 g/mol. The van der Waals surface area contributed by atoms with Gasteiger partial charge in [0.05, 0.1) is 9.20 Å². The molecule has 1 aromatic heterocycles. The second-order valence-electron chi connectivity index (χ2n) is 5.44. The van der Waals surface area contributed by atoms with Crippen molar-refractivity contribution in [2.45, 2.75) is 57.3 Å². The number of hydrogen-bond donors (Lipinski definition) is 1. The molecule has 1 aliphatic carbocycles. The minimum absolute atomic E-state index is 0.453. The molecule has 100 valence electrons. The summed E-state index contributed by atoms with van der Waals surface area (Å²) in [6.45, 7) is 4.30. The molecule has 1 aromatic rings. The maximum atomic E-state index is 11.8. The van der Waals surface area contributed by atoms with Crippen LogP contribution in [0.25, 0.3) is 0 Å². The molecule has 1 fully saturated rings. The van der Waals surface area contributed by atoms with Crippen LogP contribution < -0.4 is 0 Å². The molecule has 0 aromatic carbocycles. The van der Waals surface area contributed by atoms with E-state index in [0.29, 0.717) is 5.92 Å². The van der Waals surface area contributed by atoms with Gasteiger partial charge in [-0.25, -0.2) is 0 Å². The Morgan fingerprint density at radius 1 is 1.39 bits per heavy atom. The summed E-state index contributed by atoms with van der Waals surface area (Å²) in [6.07, 6.45) is 4.75. The van der Waals surface area contributed by atoms with Crippen molar-refractivity contribution >= 4 is 33.2 Å². The maximum absolute atomic E-state index is 11.8. The summed E-state index contributed by atoms with van der Waals surface area (Å²) in [5, 5.41) is 9.70. The van der Waals surface area contributed by atoms with Crippen molar-refractivity contribution in [2.24, 2.45) is 0 Å². The normalized spacial score (nSPS) is 19.1. The van der Waals surface area contributed by atoms with Gasteiger partial charge in [-0.05, 0) is 46.3 Å². The summed E-state index contributed by atoms with van der Waals surface area (Å²) in [5.74, 6) is -0.203. The predicted molar refractivity (Wildman–Crippen MR) is 78.5 cm³/mol. The lowest BCUT2D eigenvalue weighted by atomic mass is 9.70. The highest BCUT2D eigenvalue weighted by molar-refractivity contribution is 9.11. The third-order valence-electron chi connectivity index (χ3n) is 3.91. The molecule has 1 N–H and O–H groups in total. The first-order valence-corrected chi connectivity index (χ1v) is 8.11. The van der Waals surface area contributed by atoms with Gasteiger partial charge < -0.3 is 5.11 Å². The molecule has 1 heterocycles. The number of halogens is 1. The Bertz CT molecular complexity index is 445. The van der Waals surface area contributed by atoms with E-state index in [4.69, 9.17) is 0 Å². The molecule has 0 unspecified atom stereocenters. The van der Waals surface area contributed by atoms with Crippen LogP contribution in [-0.2, 0) is 10.2 Å². The number of carbonyl (C=O) groups is 1. The highest BCUT2D eigenvalue weighted by Gasteiger charge is 2.43. The van der Waals surface area contributed by atoms with Crippen LogP contribution in [0.3, 0.4) is 0 Å². The van der Waals surface area contributed by atoms with Crippen molar-refractivity contribution in [1.29, 1.82) is 0 Å². The van der Waals surface area contributed by atoms with Crippen molar-refractivity contribution in [3.05, 3.63) is 20.3 Å². The van der Waals surface area contributed by atoms with Gasteiger partial charge in [0.15, 0.2) is 0 Å². The first-order valence-electron chi connectivity index (χ1n) is 6.50. The molecule has 0 saturated heterocycles. The molecule has 0 spiro atoms. The minimum atomic E-state index is -0.656. The number of carboxylic acids is 1. The van der Waals surface area contributed by atoms with Crippen LogP contribution in [0.4, 0.5) is 0 Å². The molecule has 4 heteroatoms. The largest absolute Gasteiger partial charge is 0.481 e. The highest BCUT2D eigenvalue weighted by atomic mass is 79.9. The SMILES string of the molecule is CC(C)c1cc(C2(C(=O)O)CCCCC2)c(Br)s1. The zero-order valence-electron chi connectivity index (χ0n) is 10.8. The van der Waals surface area contributed by atoms with Crippen LogP contribution in [0.15, 0.2) is 9.85 Å². The van der Waals surface area contributed by atoms with Crippen LogP contribution in [0, 0.1) is 0 Å². The van der Waals surface area contributed by atoms with E-state index in [0.717, 1.165) is 41.5 Å². The zero-order valence-corrected chi connectivity index (χ0v) is 13.2. The molecule has 0 amide bonds. The molecule has 0 bridgehead atoms. The molecule has 0 aliphatic heterocycles. The molecule has 1 aliphatic rings. The minimum Gasteiger partial charge on any atom is -0.481 e. The molecule has 0 radical (unpaired) electrons. The molecule has 2 nitrogen and oxygen atoms in total. The van der Waals surface area contributed by atoms with E-state index in [2.05, 4.69) is 35.8 Å². The Morgan fingerprint density at radius 3 is 2.44 bits per heavy atom. The fraction of sp³-hybridized carbons (Fsp3) is 0.643. The van der Waals surface area contributed by atoms with Crippen molar-refractivity contribution in [2.75, 3.05) is 0 Å². The smallest absolute Gasteiger partial charge is 0.314 e. The number of hydrogen-bond acceptors (Lipinski definition) is 2. The lowest BCUT2D eigenvalue weighted by Gasteiger charge is -2.33. The van der Waals surface area contributed by atoms with Crippen LogP contribution in [0.1, 0.15) is 62.3 Å². The van der Waals surface area contributed by atoms with E-state index < -0.39 is 11.4 Å². The van der Waals surface area contributed by atoms with Crippen LogP contribution in [0.2, 0.25) is 0 Å². The molecule has 0 atom stereocenters. The molecular formula is C14H19BrO2S. The van der Waals surface area contributed by atoms with Crippen LogP contribution in [0.5, 0.6) is 0 Å². The predicted octanol–water partition coefficient (Wildman–Crippen LogP) is 4.92. The number of aliphatic carboxylic acids is 1. The quantitative estimate of drug-likeness (QED) is 0.853. The summed E-state index contributed by atoms with van der Waals surface area (Å²) in [5.41, 5.74) is 0.351.